The molecule has 3 N–H and O–H groups in total. The maximum atomic E-state index is 9.33. The first-order valence-corrected chi connectivity index (χ1v) is 7.41. The predicted molar refractivity (Wildman–Crippen MR) is 77.6 cm³/mol. The van der Waals surface area contributed by atoms with Crippen LogP contribution >= 0.6 is 0 Å². The van der Waals surface area contributed by atoms with Gasteiger partial charge in [-0.05, 0) is 11.8 Å². The number of ether oxygens (including phenoxy) is 1. The van der Waals surface area contributed by atoms with Crippen molar-refractivity contribution in [1.82, 2.24) is 0 Å². The summed E-state index contributed by atoms with van der Waals surface area (Å²) in [5.74, 6) is 0. The zero-order chi connectivity index (χ0) is 14.0. The van der Waals surface area contributed by atoms with E-state index in [9.17, 15) is 5.11 Å². The van der Waals surface area contributed by atoms with Crippen molar-refractivity contribution in [2.45, 2.75) is 78.4 Å². The van der Waals surface area contributed by atoms with Crippen molar-refractivity contribution in [2.24, 2.45) is 11.1 Å². The number of hydrogen-bond acceptors (Lipinski definition) is 3. The van der Waals surface area contributed by atoms with Crippen LogP contribution in [0.25, 0.3) is 0 Å². The Bertz CT molecular complexity index is 189. The second kappa shape index (κ2) is 9.76. The highest BCUT2D eigenvalue weighted by Crippen LogP contribution is 2.21. The van der Waals surface area contributed by atoms with Gasteiger partial charge >= 0.3 is 0 Å². The summed E-state index contributed by atoms with van der Waals surface area (Å²) in [5, 5.41) is 9.33. The summed E-state index contributed by atoms with van der Waals surface area (Å²) in [6.07, 6.45) is 7.26. The summed E-state index contributed by atoms with van der Waals surface area (Å²) in [7, 11) is 0. The second-order valence-electron chi connectivity index (χ2n) is 6.25. The molecular weight excluding hydrogens is 226 g/mol. The standard InChI is InChI=1S/C15H33NO2/c1-5-6-7-8-9-10-11-18-13(12-17)14(16)15(2,3)4/h13-14,17H,5-12,16H2,1-4H3. The van der Waals surface area contributed by atoms with Crippen LogP contribution in [0.3, 0.4) is 0 Å². The molecule has 0 rings (SSSR count). The summed E-state index contributed by atoms with van der Waals surface area (Å²) < 4.78 is 5.71. The number of aliphatic hydroxyl groups excluding tert-OH is 1. The summed E-state index contributed by atoms with van der Waals surface area (Å²) in [6.45, 7) is 9.18. The third kappa shape index (κ3) is 8.06. The molecule has 0 saturated carbocycles. The number of rotatable bonds is 10. The molecule has 0 aromatic rings. The molecule has 3 nitrogen and oxygen atoms in total. The van der Waals surface area contributed by atoms with Gasteiger partial charge in [-0.25, -0.2) is 0 Å². The van der Waals surface area contributed by atoms with Crippen LogP contribution in [0.5, 0.6) is 0 Å². The Morgan fingerprint density at radius 1 is 1.06 bits per heavy atom. The molecule has 0 fully saturated rings. The SMILES string of the molecule is CCCCCCCCOC(CO)C(N)C(C)(C)C. The maximum Gasteiger partial charge on any atom is 0.0961 e. The highest BCUT2D eigenvalue weighted by Gasteiger charge is 2.28. The van der Waals surface area contributed by atoms with Crippen LogP contribution in [0.2, 0.25) is 0 Å². The molecule has 0 amide bonds. The van der Waals surface area contributed by atoms with Gasteiger partial charge in [0.05, 0.1) is 12.7 Å². The average Bonchev–Trinajstić information content (AvgIpc) is 2.31. The Morgan fingerprint density at radius 3 is 2.11 bits per heavy atom. The van der Waals surface area contributed by atoms with E-state index >= 15 is 0 Å². The lowest BCUT2D eigenvalue weighted by atomic mass is 9.84. The number of aliphatic hydroxyl groups is 1. The van der Waals surface area contributed by atoms with Crippen LogP contribution in [0.15, 0.2) is 0 Å². The van der Waals surface area contributed by atoms with E-state index < -0.39 is 0 Å². The van der Waals surface area contributed by atoms with Gasteiger partial charge in [0.15, 0.2) is 0 Å². The van der Waals surface area contributed by atoms with E-state index in [1.54, 1.807) is 0 Å². The van der Waals surface area contributed by atoms with Gasteiger partial charge in [-0.15, -0.1) is 0 Å². The molecule has 18 heavy (non-hydrogen) atoms. The smallest absolute Gasteiger partial charge is 0.0961 e. The summed E-state index contributed by atoms with van der Waals surface area (Å²) in [4.78, 5) is 0. The second-order valence-corrected chi connectivity index (χ2v) is 6.25. The normalized spacial score (nSPS) is 15.7. The van der Waals surface area contributed by atoms with Crippen LogP contribution in [-0.4, -0.2) is 30.5 Å². The molecule has 110 valence electrons. The van der Waals surface area contributed by atoms with Crippen molar-refractivity contribution in [1.29, 1.82) is 0 Å². The van der Waals surface area contributed by atoms with Crippen molar-refractivity contribution in [3.8, 4) is 0 Å². The molecule has 0 aliphatic carbocycles. The molecule has 0 aliphatic heterocycles. The lowest BCUT2D eigenvalue weighted by Crippen LogP contribution is -2.48. The summed E-state index contributed by atoms with van der Waals surface area (Å²) in [6, 6.07) is -0.123. The van der Waals surface area contributed by atoms with Crippen LogP contribution in [0.1, 0.15) is 66.2 Å². The minimum absolute atomic E-state index is 0.00821. The molecule has 0 spiro atoms. The molecule has 3 heteroatoms. The fourth-order valence-corrected chi connectivity index (χ4v) is 1.94. The Balaban J connectivity index is 3.68. The van der Waals surface area contributed by atoms with E-state index in [4.69, 9.17) is 10.5 Å². The van der Waals surface area contributed by atoms with Gasteiger partial charge in [0, 0.05) is 12.6 Å². The predicted octanol–water partition coefficient (Wildman–Crippen LogP) is 3.10. The minimum atomic E-state index is -0.236. The Morgan fingerprint density at radius 2 is 1.61 bits per heavy atom. The minimum Gasteiger partial charge on any atom is -0.394 e. The lowest BCUT2D eigenvalue weighted by Gasteiger charge is -2.33. The molecular formula is C15H33NO2. The molecule has 2 unspecified atom stereocenters. The highest BCUT2D eigenvalue weighted by atomic mass is 16.5. The molecule has 0 aliphatic rings. The third-order valence-corrected chi connectivity index (χ3v) is 3.41. The van der Waals surface area contributed by atoms with E-state index in [2.05, 4.69) is 27.7 Å². The molecule has 0 aromatic heterocycles. The van der Waals surface area contributed by atoms with E-state index in [0.29, 0.717) is 6.61 Å². The van der Waals surface area contributed by atoms with Gasteiger partial charge in [-0.3, -0.25) is 0 Å². The van der Waals surface area contributed by atoms with Gasteiger partial charge in [0.1, 0.15) is 0 Å². The molecule has 0 radical (unpaired) electrons. The van der Waals surface area contributed by atoms with Crippen molar-refractivity contribution in [2.75, 3.05) is 13.2 Å². The lowest BCUT2D eigenvalue weighted by molar-refractivity contribution is -0.0255. The molecule has 2 atom stereocenters. The molecule has 0 heterocycles. The average molecular weight is 259 g/mol. The van der Waals surface area contributed by atoms with Crippen molar-refractivity contribution >= 4 is 0 Å². The van der Waals surface area contributed by atoms with Gasteiger partial charge in [-0.1, -0.05) is 59.8 Å². The van der Waals surface area contributed by atoms with Gasteiger partial charge in [0.2, 0.25) is 0 Å². The van der Waals surface area contributed by atoms with E-state index in [0.717, 1.165) is 6.42 Å². The van der Waals surface area contributed by atoms with Crippen LogP contribution in [0.4, 0.5) is 0 Å². The Hall–Kier alpha value is -0.120. The van der Waals surface area contributed by atoms with Gasteiger partial charge in [-0.2, -0.15) is 0 Å². The third-order valence-electron chi connectivity index (χ3n) is 3.41. The van der Waals surface area contributed by atoms with Crippen LogP contribution in [0, 0.1) is 5.41 Å². The quantitative estimate of drug-likeness (QED) is 0.593. The van der Waals surface area contributed by atoms with Crippen LogP contribution in [-0.2, 0) is 4.74 Å². The fourth-order valence-electron chi connectivity index (χ4n) is 1.94. The Labute approximate surface area is 113 Å². The zero-order valence-corrected chi connectivity index (χ0v) is 12.7. The van der Waals surface area contributed by atoms with Gasteiger partial charge < -0.3 is 15.6 Å². The van der Waals surface area contributed by atoms with Crippen molar-refractivity contribution in [3.63, 3.8) is 0 Å². The van der Waals surface area contributed by atoms with Crippen molar-refractivity contribution in [3.05, 3.63) is 0 Å². The van der Waals surface area contributed by atoms with E-state index in [1.165, 1.54) is 32.1 Å². The summed E-state index contributed by atoms with van der Waals surface area (Å²) in [5.41, 5.74) is 6.07. The first kappa shape index (κ1) is 17.9. The zero-order valence-electron chi connectivity index (χ0n) is 12.7. The largest absolute Gasteiger partial charge is 0.394 e. The van der Waals surface area contributed by atoms with E-state index in [-0.39, 0.29) is 24.2 Å². The highest BCUT2D eigenvalue weighted by molar-refractivity contribution is 4.84. The van der Waals surface area contributed by atoms with E-state index in [1.807, 2.05) is 0 Å². The maximum absolute atomic E-state index is 9.33. The number of nitrogens with two attached hydrogens (primary N) is 1. The number of hydrogen-bond donors (Lipinski definition) is 2. The first-order chi connectivity index (χ1) is 8.43. The summed E-state index contributed by atoms with van der Waals surface area (Å²) >= 11 is 0. The van der Waals surface area contributed by atoms with Crippen LogP contribution < -0.4 is 5.73 Å². The first-order valence-electron chi connectivity index (χ1n) is 7.41. The Kier molecular flexibility index (Phi) is 9.70. The number of unbranched alkanes of at least 4 members (excludes halogenated alkanes) is 5. The molecule has 0 saturated heterocycles. The molecule has 0 bridgehead atoms. The van der Waals surface area contributed by atoms with Crippen molar-refractivity contribution < 1.29 is 9.84 Å². The topological polar surface area (TPSA) is 55.5 Å². The van der Waals surface area contributed by atoms with Gasteiger partial charge in [0.25, 0.3) is 0 Å². The molecule has 0 aromatic carbocycles. The monoisotopic (exact) mass is 259 g/mol. The fraction of sp³-hybridized carbons (Fsp3) is 1.00.